The van der Waals surface area contributed by atoms with Crippen molar-refractivity contribution in [3.8, 4) is 5.75 Å². The van der Waals surface area contributed by atoms with E-state index in [9.17, 15) is 9.90 Å². The number of unbranched alkanes of at least 4 members (excludes halogenated alkanes) is 1. The molecule has 0 saturated heterocycles. The lowest BCUT2D eigenvalue weighted by molar-refractivity contribution is -0.136. The van der Waals surface area contributed by atoms with Crippen LogP contribution in [0.15, 0.2) is 49.1 Å². The molecule has 0 bridgehead atoms. The van der Waals surface area contributed by atoms with E-state index >= 15 is 0 Å². The number of esters is 1. The van der Waals surface area contributed by atoms with Gasteiger partial charge in [0.15, 0.2) is 0 Å². The number of hydrogen-bond donors (Lipinski definition) is 2. The number of carbonyl (C=O) groups excluding carboxylic acids is 1. The van der Waals surface area contributed by atoms with E-state index in [1.807, 2.05) is 0 Å². The van der Waals surface area contributed by atoms with Gasteiger partial charge in [0.2, 0.25) is 0 Å². The molecular weight excluding hydrogens is 296 g/mol. The van der Waals surface area contributed by atoms with Crippen LogP contribution in [-0.4, -0.2) is 36.0 Å². The number of aliphatic hydroxyl groups is 2. The van der Waals surface area contributed by atoms with E-state index in [0.29, 0.717) is 18.6 Å². The van der Waals surface area contributed by atoms with E-state index in [0.717, 1.165) is 12.0 Å². The maximum atomic E-state index is 11.2. The molecule has 0 unspecified atom stereocenters. The number of benzene rings is 1. The van der Waals surface area contributed by atoms with Crippen molar-refractivity contribution in [3.63, 3.8) is 0 Å². The molecule has 0 aliphatic heterocycles. The van der Waals surface area contributed by atoms with Gasteiger partial charge in [-0.05, 0) is 37.0 Å². The van der Waals surface area contributed by atoms with E-state index in [2.05, 4.69) is 6.58 Å². The third kappa shape index (κ3) is 8.18. The second-order valence-corrected chi connectivity index (χ2v) is 4.91. The van der Waals surface area contributed by atoms with Crippen LogP contribution in [0.1, 0.15) is 30.9 Å². The Morgan fingerprint density at radius 1 is 1.30 bits per heavy atom. The summed E-state index contributed by atoms with van der Waals surface area (Å²) in [4.78, 5) is 11.2. The monoisotopic (exact) mass is 320 g/mol. The number of carbonyl (C=O) groups is 1. The molecule has 0 radical (unpaired) electrons. The van der Waals surface area contributed by atoms with Gasteiger partial charge in [0.05, 0.1) is 12.7 Å². The summed E-state index contributed by atoms with van der Waals surface area (Å²) in [6, 6.07) is 7.15. The fourth-order valence-corrected chi connectivity index (χ4v) is 1.91. The van der Waals surface area contributed by atoms with Gasteiger partial charge in [0, 0.05) is 6.08 Å². The maximum Gasteiger partial charge on any atom is 0.330 e. The zero-order chi connectivity index (χ0) is 16.9. The summed E-state index contributed by atoms with van der Waals surface area (Å²) in [5, 5.41) is 18.8. The van der Waals surface area contributed by atoms with E-state index in [4.69, 9.17) is 14.6 Å². The normalized spacial score (nSPS) is 12.1. The van der Waals surface area contributed by atoms with Gasteiger partial charge in [-0.15, -0.1) is 0 Å². The largest absolute Gasteiger partial charge is 0.491 e. The molecule has 0 aliphatic carbocycles. The zero-order valence-corrected chi connectivity index (χ0v) is 13.2. The van der Waals surface area contributed by atoms with Crippen molar-refractivity contribution >= 4 is 5.97 Å². The van der Waals surface area contributed by atoms with E-state index in [1.165, 1.54) is 12.2 Å². The standard InChI is InChI=1S/C18H24O5/c1-2-13-23-18(21)7-5-3-4-6-17(20)15-8-10-16(11-9-15)22-14-12-19/h2,5,7-11,17,19-20H,1,3-4,6,12-14H2/b7-5+/t17-/m1/s1. The fourth-order valence-electron chi connectivity index (χ4n) is 1.91. The average molecular weight is 320 g/mol. The van der Waals surface area contributed by atoms with Gasteiger partial charge >= 0.3 is 5.97 Å². The van der Waals surface area contributed by atoms with Crippen LogP contribution in [0.4, 0.5) is 0 Å². The SMILES string of the molecule is C=CCOC(=O)/C=C/CCC[C@@H](O)c1ccc(OCCO)cc1. The molecule has 23 heavy (non-hydrogen) atoms. The van der Waals surface area contributed by atoms with Gasteiger partial charge in [-0.1, -0.05) is 30.9 Å². The summed E-state index contributed by atoms with van der Waals surface area (Å²) in [6.07, 6.45) is 6.15. The summed E-state index contributed by atoms with van der Waals surface area (Å²) in [7, 11) is 0. The zero-order valence-electron chi connectivity index (χ0n) is 13.2. The Morgan fingerprint density at radius 2 is 2.04 bits per heavy atom. The molecule has 0 aliphatic rings. The van der Waals surface area contributed by atoms with Crippen LogP contribution < -0.4 is 4.74 Å². The third-order valence-electron chi connectivity index (χ3n) is 3.07. The van der Waals surface area contributed by atoms with Crippen molar-refractivity contribution in [1.29, 1.82) is 0 Å². The van der Waals surface area contributed by atoms with E-state index in [-0.39, 0.29) is 25.8 Å². The lowest BCUT2D eigenvalue weighted by atomic mass is 10.0. The van der Waals surface area contributed by atoms with Gasteiger partial charge in [-0.2, -0.15) is 0 Å². The minimum atomic E-state index is -0.553. The highest BCUT2D eigenvalue weighted by atomic mass is 16.5. The van der Waals surface area contributed by atoms with Crippen LogP contribution in [0.25, 0.3) is 0 Å². The summed E-state index contributed by atoms with van der Waals surface area (Å²) in [6.45, 7) is 3.90. The molecule has 1 rings (SSSR count). The number of aliphatic hydroxyl groups excluding tert-OH is 2. The van der Waals surface area contributed by atoms with E-state index < -0.39 is 6.10 Å². The van der Waals surface area contributed by atoms with E-state index in [1.54, 1.807) is 30.3 Å². The molecule has 0 saturated carbocycles. The average Bonchev–Trinajstić information content (AvgIpc) is 2.58. The number of hydrogen-bond acceptors (Lipinski definition) is 5. The second kappa shape index (κ2) is 11.5. The quantitative estimate of drug-likeness (QED) is 0.284. The maximum absolute atomic E-state index is 11.2. The second-order valence-electron chi connectivity index (χ2n) is 4.91. The summed E-state index contributed by atoms with van der Waals surface area (Å²) < 4.78 is 10.1. The first kappa shape index (κ1) is 18.9. The van der Waals surface area contributed by atoms with Crippen LogP contribution in [0.3, 0.4) is 0 Å². The first-order chi connectivity index (χ1) is 11.2. The van der Waals surface area contributed by atoms with Crippen molar-refractivity contribution in [3.05, 3.63) is 54.6 Å². The minimum absolute atomic E-state index is 0.0287. The Hall–Kier alpha value is -2.11. The highest BCUT2D eigenvalue weighted by molar-refractivity contribution is 5.81. The molecule has 126 valence electrons. The molecule has 0 spiro atoms. The molecule has 0 heterocycles. The van der Waals surface area contributed by atoms with Crippen LogP contribution in [-0.2, 0) is 9.53 Å². The predicted molar refractivity (Wildman–Crippen MR) is 88.1 cm³/mol. The molecule has 5 nitrogen and oxygen atoms in total. The summed E-state index contributed by atoms with van der Waals surface area (Å²) in [5.41, 5.74) is 0.815. The molecule has 1 atom stereocenters. The Balaban J connectivity index is 2.28. The highest BCUT2D eigenvalue weighted by Gasteiger charge is 2.07. The molecule has 5 heteroatoms. The number of rotatable bonds is 11. The fraction of sp³-hybridized carbons (Fsp3) is 0.389. The molecule has 1 aromatic rings. The summed E-state index contributed by atoms with van der Waals surface area (Å²) >= 11 is 0. The smallest absolute Gasteiger partial charge is 0.330 e. The van der Waals surface area contributed by atoms with Gasteiger partial charge in [-0.3, -0.25) is 0 Å². The third-order valence-corrected chi connectivity index (χ3v) is 3.07. The molecular formula is C18H24O5. The van der Waals surface area contributed by atoms with Crippen LogP contribution in [0.2, 0.25) is 0 Å². The molecule has 0 aromatic heterocycles. The Bertz CT molecular complexity index is 493. The Kier molecular flexibility index (Phi) is 9.43. The first-order valence-electron chi connectivity index (χ1n) is 7.63. The van der Waals surface area contributed by atoms with Crippen molar-refractivity contribution in [2.45, 2.75) is 25.4 Å². The van der Waals surface area contributed by atoms with Crippen molar-refractivity contribution in [2.24, 2.45) is 0 Å². The molecule has 0 amide bonds. The Labute approximate surface area is 136 Å². The van der Waals surface area contributed by atoms with Gasteiger partial charge in [0.25, 0.3) is 0 Å². The molecule has 0 fully saturated rings. The number of ether oxygens (including phenoxy) is 2. The van der Waals surface area contributed by atoms with Gasteiger partial charge in [0.1, 0.15) is 19.0 Å². The van der Waals surface area contributed by atoms with Gasteiger partial charge < -0.3 is 19.7 Å². The highest BCUT2D eigenvalue weighted by Crippen LogP contribution is 2.22. The van der Waals surface area contributed by atoms with Crippen LogP contribution >= 0.6 is 0 Å². The topological polar surface area (TPSA) is 76.0 Å². The van der Waals surface area contributed by atoms with Crippen LogP contribution in [0.5, 0.6) is 5.75 Å². The molecule has 1 aromatic carbocycles. The number of allylic oxidation sites excluding steroid dienone is 1. The lowest BCUT2D eigenvalue weighted by Gasteiger charge is -2.11. The first-order valence-corrected chi connectivity index (χ1v) is 7.63. The Morgan fingerprint density at radius 3 is 2.70 bits per heavy atom. The molecule has 2 N–H and O–H groups in total. The van der Waals surface area contributed by atoms with Crippen molar-refractivity contribution in [1.82, 2.24) is 0 Å². The summed E-state index contributed by atoms with van der Waals surface area (Å²) in [5.74, 6) is 0.278. The predicted octanol–water partition coefficient (Wildman–Crippen LogP) is 2.55. The van der Waals surface area contributed by atoms with Crippen molar-refractivity contribution < 1.29 is 24.5 Å². The minimum Gasteiger partial charge on any atom is -0.491 e. The van der Waals surface area contributed by atoms with Crippen molar-refractivity contribution in [2.75, 3.05) is 19.8 Å². The lowest BCUT2D eigenvalue weighted by Crippen LogP contribution is -2.02. The van der Waals surface area contributed by atoms with Gasteiger partial charge in [-0.25, -0.2) is 4.79 Å². The van der Waals surface area contributed by atoms with Crippen LogP contribution in [0, 0.1) is 0 Å².